The first kappa shape index (κ1) is 8.15. The minimum Gasteiger partial charge on any atom is -0.304 e. The van der Waals surface area contributed by atoms with Gasteiger partial charge >= 0.3 is 0 Å². The molecule has 0 unspecified atom stereocenters. The minimum absolute atomic E-state index is 0.494. The first-order valence-electron chi connectivity index (χ1n) is 4.00. The topological polar surface area (TPSA) is 65.4 Å². The van der Waals surface area contributed by atoms with Crippen LogP contribution in [0.1, 0.15) is 5.56 Å². The molecule has 2 N–H and O–H groups in total. The predicted octanol–water partition coefficient (Wildman–Crippen LogP) is 0.162. The summed E-state index contributed by atoms with van der Waals surface area (Å²) in [6.45, 7) is 0.494. The van der Waals surface area contributed by atoms with E-state index in [-0.39, 0.29) is 0 Å². The molecule has 0 radical (unpaired) electrons. The first-order valence-corrected chi connectivity index (χ1v) is 4.00. The average molecular weight is 178 g/mol. The molecule has 0 fully saturated rings. The molecule has 0 aliphatic rings. The van der Waals surface area contributed by atoms with Gasteiger partial charge in [0.15, 0.2) is 5.65 Å². The molecule has 0 saturated heterocycles. The molecule has 2 heterocycles. The van der Waals surface area contributed by atoms with Gasteiger partial charge in [-0.1, -0.05) is 0 Å². The van der Waals surface area contributed by atoms with Gasteiger partial charge in [0.05, 0.1) is 12.8 Å². The second-order valence-corrected chi connectivity index (χ2v) is 2.72. The molecular weight excluding hydrogens is 168 g/mol. The zero-order valence-corrected chi connectivity index (χ0v) is 7.05. The normalized spacial score (nSPS) is 10.8. The van der Waals surface area contributed by atoms with Crippen LogP contribution >= 0.6 is 0 Å². The van der Waals surface area contributed by atoms with E-state index in [9.17, 15) is 0 Å². The van der Waals surface area contributed by atoms with Crippen molar-refractivity contribution in [3.8, 4) is 0 Å². The van der Waals surface area contributed by atoms with Gasteiger partial charge < -0.3 is 4.84 Å². The highest BCUT2D eigenvalue weighted by Gasteiger charge is 1.97. The molecule has 0 aliphatic heterocycles. The summed E-state index contributed by atoms with van der Waals surface area (Å²) in [6, 6.07) is 1.85. The Hall–Kier alpha value is -1.46. The third-order valence-corrected chi connectivity index (χ3v) is 1.81. The highest BCUT2D eigenvalue weighted by Crippen LogP contribution is 2.01. The summed E-state index contributed by atoms with van der Waals surface area (Å²) >= 11 is 0. The molecule has 13 heavy (non-hydrogen) atoms. The molecular formula is C8H10N4O. The maximum atomic E-state index is 4.93. The van der Waals surface area contributed by atoms with Crippen molar-refractivity contribution < 1.29 is 4.84 Å². The van der Waals surface area contributed by atoms with Crippen molar-refractivity contribution >= 4 is 5.65 Å². The van der Waals surface area contributed by atoms with Crippen molar-refractivity contribution in [2.24, 2.45) is 5.90 Å². The Bertz CT molecular complexity index is 398. The van der Waals surface area contributed by atoms with Crippen LogP contribution in [0, 0.1) is 0 Å². The van der Waals surface area contributed by atoms with Crippen LogP contribution in [0.3, 0.4) is 0 Å². The van der Waals surface area contributed by atoms with E-state index in [2.05, 4.69) is 14.9 Å². The van der Waals surface area contributed by atoms with Crippen LogP contribution in [0.15, 0.2) is 24.7 Å². The van der Waals surface area contributed by atoms with E-state index in [1.165, 1.54) is 0 Å². The van der Waals surface area contributed by atoms with Gasteiger partial charge in [0.2, 0.25) is 0 Å². The largest absolute Gasteiger partial charge is 0.304 e. The molecule has 5 nitrogen and oxygen atoms in total. The van der Waals surface area contributed by atoms with E-state index < -0.39 is 0 Å². The van der Waals surface area contributed by atoms with Crippen molar-refractivity contribution in [2.45, 2.75) is 6.42 Å². The molecule has 2 aromatic rings. The van der Waals surface area contributed by atoms with Crippen LogP contribution in [-0.4, -0.2) is 21.2 Å². The molecule has 68 valence electrons. The smallest absolute Gasteiger partial charge is 0.154 e. The van der Waals surface area contributed by atoms with Crippen molar-refractivity contribution in [1.82, 2.24) is 14.6 Å². The lowest BCUT2D eigenvalue weighted by atomic mass is 10.2. The first-order chi connectivity index (χ1) is 6.40. The molecule has 0 atom stereocenters. The fraction of sp³-hybridized carbons (Fsp3) is 0.250. The van der Waals surface area contributed by atoms with Gasteiger partial charge in [-0.25, -0.2) is 15.4 Å². The van der Waals surface area contributed by atoms with E-state index in [0.717, 1.165) is 17.6 Å². The second-order valence-electron chi connectivity index (χ2n) is 2.72. The van der Waals surface area contributed by atoms with Crippen LogP contribution in [0.25, 0.3) is 5.65 Å². The number of hydrogen-bond acceptors (Lipinski definition) is 4. The summed E-state index contributed by atoms with van der Waals surface area (Å²) in [5.41, 5.74) is 1.90. The monoisotopic (exact) mass is 178 g/mol. The van der Waals surface area contributed by atoms with Gasteiger partial charge in [0, 0.05) is 24.9 Å². The van der Waals surface area contributed by atoms with Crippen molar-refractivity contribution in [1.29, 1.82) is 0 Å². The van der Waals surface area contributed by atoms with Crippen LogP contribution < -0.4 is 5.90 Å². The minimum atomic E-state index is 0.494. The quantitative estimate of drug-likeness (QED) is 0.680. The van der Waals surface area contributed by atoms with Crippen LogP contribution in [0.5, 0.6) is 0 Å². The fourth-order valence-corrected chi connectivity index (χ4v) is 1.15. The third-order valence-electron chi connectivity index (χ3n) is 1.81. The number of nitrogens with zero attached hydrogens (tertiary/aromatic N) is 3. The zero-order chi connectivity index (χ0) is 9.10. The summed E-state index contributed by atoms with van der Waals surface area (Å²) in [4.78, 5) is 8.68. The Labute approximate surface area is 75.1 Å². The van der Waals surface area contributed by atoms with E-state index in [4.69, 9.17) is 5.90 Å². The average Bonchev–Trinajstić information content (AvgIpc) is 2.61. The zero-order valence-electron chi connectivity index (χ0n) is 7.05. The maximum Gasteiger partial charge on any atom is 0.154 e. The summed E-state index contributed by atoms with van der Waals surface area (Å²) in [6.07, 6.45) is 6.18. The van der Waals surface area contributed by atoms with E-state index >= 15 is 0 Å². The Morgan fingerprint density at radius 3 is 3.31 bits per heavy atom. The lowest BCUT2D eigenvalue weighted by Gasteiger charge is -1.99. The van der Waals surface area contributed by atoms with Crippen LogP contribution in [0.4, 0.5) is 0 Å². The summed E-state index contributed by atoms with van der Waals surface area (Å²) < 4.78 is 1.73. The number of nitrogens with two attached hydrogens (primary N) is 1. The van der Waals surface area contributed by atoms with Gasteiger partial charge in [0.1, 0.15) is 0 Å². The molecule has 5 heteroatoms. The molecule has 2 aromatic heterocycles. The number of fused-ring (bicyclic) bond motifs is 1. The number of hydrogen-bond donors (Lipinski definition) is 1. The molecule has 0 amide bonds. The van der Waals surface area contributed by atoms with E-state index in [1.807, 2.05) is 12.3 Å². The Kier molecular flexibility index (Phi) is 2.20. The van der Waals surface area contributed by atoms with E-state index in [1.54, 1.807) is 16.9 Å². The lowest BCUT2D eigenvalue weighted by Crippen LogP contribution is -2.05. The molecule has 0 aromatic carbocycles. The van der Waals surface area contributed by atoms with Gasteiger partial charge in [-0.3, -0.25) is 0 Å². The SMILES string of the molecule is NOCCc1cnc2ccnn2c1. The van der Waals surface area contributed by atoms with Gasteiger partial charge in [-0.15, -0.1) is 0 Å². The lowest BCUT2D eigenvalue weighted by molar-refractivity contribution is 0.141. The molecule has 0 aliphatic carbocycles. The van der Waals surface area contributed by atoms with Crippen molar-refractivity contribution in [2.75, 3.05) is 6.61 Å². The van der Waals surface area contributed by atoms with Crippen molar-refractivity contribution in [3.05, 3.63) is 30.2 Å². The molecule has 0 saturated carbocycles. The molecule has 0 spiro atoms. The standard InChI is InChI=1S/C8H10N4O/c9-13-4-2-7-5-10-8-1-3-11-12(8)6-7/h1,3,5-6H,2,4,9H2. The summed E-state index contributed by atoms with van der Waals surface area (Å²) in [7, 11) is 0. The van der Waals surface area contributed by atoms with Gasteiger partial charge in [0.25, 0.3) is 0 Å². The van der Waals surface area contributed by atoms with Crippen molar-refractivity contribution in [3.63, 3.8) is 0 Å². The van der Waals surface area contributed by atoms with Gasteiger partial charge in [-0.05, 0) is 5.56 Å². The predicted molar refractivity (Wildman–Crippen MR) is 46.8 cm³/mol. The third kappa shape index (κ3) is 1.66. The number of rotatable bonds is 3. The highest BCUT2D eigenvalue weighted by molar-refractivity contribution is 5.35. The Morgan fingerprint density at radius 1 is 1.54 bits per heavy atom. The summed E-state index contributed by atoms with van der Waals surface area (Å²) in [5, 5.41) is 4.07. The van der Waals surface area contributed by atoms with Gasteiger partial charge in [-0.2, -0.15) is 5.10 Å². The molecule has 0 bridgehead atoms. The highest BCUT2D eigenvalue weighted by atomic mass is 16.6. The molecule has 2 rings (SSSR count). The van der Waals surface area contributed by atoms with Crippen LogP contribution in [0.2, 0.25) is 0 Å². The van der Waals surface area contributed by atoms with E-state index in [0.29, 0.717) is 6.61 Å². The maximum absolute atomic E-state index is 4.93. The number of aromatic nitrogens is 3. The fourth-order valence-electron chi connectivity index (χ4n) is 1.15. The Morgan fingerprint density at radius 2 is 2.46 bits per heavy atom. The summed E-state index contributed by atoms with van der Waals surface area (Å²) in [5.74, 6) is 4.93. The second kappa shape index (κ2) is 3.51. The Balaban J connectivity index is 2.26. The van der Waals surface area contributed by atoms with Crippen LogP contribution in [-0.2, 0) is 11.3 Å².